The zero-order valence-corrected chi connectivity index (χ0v) is 11.5. The highest BCUT2D eigenvalue weighted by Crippen LogP contribution is 2.20. The molecule has 18 heavy (non-hydrogen) atoms. The topological polar surface area (TPSA) is 55.8 Å². The zero-order valence-electron chi connectivity index (χ0n) is 11.5. The number of nitrogens with zero attached hydrogens (tertiary/aromatic N) is 1. The Balaban J connectivity index is 2.36. The molecule has 0 spiro atoms. The summed E-state index contributed by atoms with van der Waals surface area (Å²) in [7, 11) is 1.67. The lowest BCUT2D eigenvalue weighted by Gasteiger charge is -2.36. The van der Waals surface area contributed by atoms with E-state index in [-0.39, 0.29) is 30.8 Å². The Hall–Kier alpha value is -1.10. The van der Waals surface area contributed by atoms with E-state index in [9.17, 15) is 9.59 Å². The number of hydrogen-bond donors (Lipinski definition) is 0. The van der Waals surface area contributed by atoms with Gasteiger partial charge in [0.1, 0.15) is 0 Å². The van der Waals surface area contributed by atoms with Crippen molar-refractivity contribution in [3.05, 3.63) is 0 Å². The monoisotopic (exact) mass is 257 g/mol. The summed E-state index contributed by atoms with van der Waals surface area (Å²) >= 11 is 0. The molecular weight excluding hydrogens is 234 g/mol. The van der Waals surface area contributed by atoms with Crippen molar-refractivity contribution in [1.29, 1.82) is 0 Å². The largest absolute Gasteiger partial charge is 0.466 e. The molecule has 5 heteroatoms. The lowest BCUT2D eigenvalue weighted by atomic mass is 9.95. The van der Waals surface area contributed by atoms with Gasteiger partial charge in [-0.05, 0) is 19.3 Å². The van der Waals surface area contributed by atoms with E-state index in [0.29, 0.717) is 19.1 Å². The van der Waals surface area contributed by atoms with Gasteiger partial charge in [-0.2, -0.15) is 0 Å². The van der Waals surface area contributed by atoms with Crippen LogP contribution in [0.5, 0.6) is 0 Å². The third-order valence-corrected chi connectivity index (χ3v) is 3.39. The number of esters is 1. The molecule has 1 aliphatic heterocycles. The number of likely N-dealkylation sites (tertiary alicyclic amines) is 1. The lowest BCUT2D eigenvalue weighted by Crippen LogP contribution is -2.46. The molecule has 104 valence electrons. The molecule has 1 aliphatic rings. The maximum atomic E-state index is 11.9. The Labute approximate surface area is 108 Å². The van der Waals surface area contributed by atoms with Crippen LogP contribution in [0, 0.1) is 5.92 Å². The van der Waals surface area contributed by atoms with Crippen LogP contribution in [0.15, 0.2) is 0 Å². The average Bonchev–Trinajstić information content (AvgIpc) is 2.37. The van der Waals surface area contributed by atoms with Crippen molar-refractivity contribution in [1.82, 2.24) is 4.90 Å². The van der Waals surface area contributed by atoms with E-state index >= 15 is 0 Å². The van der Waals surface area contributed by atoms with Gasteiger partial charge in [0, 0.05) is 26.6 Å². The number of carbonyl (C=O) groups excluding carboxylic acids is 2. The van der Waals surface area contributed by atoms with Crippen molar-refractivity contribution in [2.45, 2.75) is 39.2 Å². The van der Waals surface area contributed by atoms with Crippen LogP contribution in [0.3, 0.4) is 0 Å². The quantitative estimate of drug-likeness (QED) is 0.695. The average molecular weight is 257 g/mol. The summed E-state index contributed by atoms with van der Waals surface area (Å²) in [5.74, 6) is 0.181. The summed E-state index contributed by atoms with van der Waals surface area (Å²) in [6.45, 7) is 5.63. The van der Waals surface area contributed by atoms with Gasteiger partial charge in [-0.1, -0.05) is 6.92 Å². The van der Waals surface area contributed by atoms with Crippen LogP contribution in [0.1, 0.15) is 33.1 Å². The molecule has 1 heterocycles. The molecule has 0 N–H and O–H groups in total. The standard InChI is InChI=1S/C13H23NO4/c1-4-18-13(16)6-5-12(15)14-8-7-10(2)11(9-14)17-3/h10-11H,4-9H2,1-3H3. The second-order valence-corrected chi connectivity index (χ2v) is 4.68. The molecule has 1 rings (SSSR count). The van der Waals surface area contributed by atoms with E-state index in [4.69, 9.17) is 9.47 Å². The van der Waals surface area contributed by atoms with Crippen LogP contribution in [0.25, 0.3) is 0 Å². The van der Waals surface area contributed by atoms with Crippen LogP contribution in [0.2, 0.25) is 0 Å². The predicted molar refractivity (Wildman–Crippen MR) is 67.0 cm³/mol. The molecule has 0 saturated carbocycles. The normalized spacial score (nSPS) is 23.8. The smallest absolute Gasteiger partial charge is 0.306 e. The third kappa shape index (κ3) is 4.29. The van der Waals surface area contributed by atoms with E-state index < -0.39 is 0 Å². The van der Waals surface area contributed by atoms with E-state index in [1.165, 1.54) is 0 Å². The maximum Gasteiger partial charge on any atom is 0.306 e. The van der Waals surface area contributed by atoms with E-state index in [1.54, 1.807) is 18.9 Å². The van der Waals surface area contributed by atoms with Crippen LogP contribution in [-0.4, -0.2) is 49.7 Å². The van der Waals surface area contributed by atoms with Gasteiger partial charge in [-0.25, -0.2) is 0 Å². The molecule has 0 aliphatic carbocycles. The van der Waals surface area contributed by atoms with E-state index in [0.717, 1.165) is 13.0 Å². The number of methoxy groups -OCH3 is 1. The Kier molecular flexibility index (Phi) is 6.12. The molecule has 1 amide bonds. The molecule has 0 aromatic heterocycles. The number of ether oxygens (including phenoxy) is 2. The van der Waals surface area contributed by atoms with E-state index in [2.05, 4.69) is 6.92 Å². The number of carbonyl (C=O) groups is 2. The van der Waals surface area contributed by atoms with Gasteiger partial charge in [0.05, 0.1) is 19.1 Å². The number of amides is 1. The van der Waals surface area contributed by atoms with Crippen molar-refractivity contribution >= 4 is 11.9 Å². The molecule has 1 fully saturated rings. The second-order valence-electron chi connectivity index (χ2n) is 4.68. The van der Waals surface area contributed by atoms with Gasteiger partial charge < -0.3 is 14.4 Å². The summed E-state index contributed by atoms with van der Waals surface area (Å²) in [5.41, 5.74) is 0. The minimum atomic E-state index is -0.306. The Bertz CT molecular complexity index is 293. The highest BCUT2D eigenvalue weighted by molar-refractivity contribution is 5.81. The fourth-order valence-corrected chi connectivity index (χ4v) is 2.17. The molecule has 2 atom stereocenters. The minimum Gasteiger partial charge on any atom is -0.466 e. The van der Waals surface area contributed by atoms with Gasteiger partial charge in [0.2, 0.25) is 5.91 Å². The molecule has 1 saturated heterocycles. The molecule has 0 bridgehead atoms. The summed E-state index contributed by atoms with van der Waals surface area (Å²) in [4.78, 5) is 24.9. The first-order valence-corrected chi connectivity index (χ1v) is 6.54. The van der Waals surface area contributed by atoms with Gasteiger partial charge >= 0.3 is 5.97 Å². The van der Waals surface area contributed by atoms with Crippen molar-refractivity contribution < 1.29 is 19.1 Å². The molecule has 0 aromatic rings. The van der Waals surface area contributed by atoms with Crippen molar-refractivity contribution in [3.63, 3.8) is 0 Å². The highest BCUT2D eigenvalue weighted by atomic mass is 16.5. The summed E-state index contributed by atoms with van der Waals surface area (Å²) in [6.07, 6.45) is 1.44. The summed E-state index contributed by atoms with van der Waals surface area (Å²) in [6, 6.07) is 0. The molecule has 2 unspecified atom stereocenters. The fraction of sp³-hybridized carbons (Fsp3) is 0.846. The third-order valence-electron chi connectivity index (χ3n) is 3.39. The predicted octanol–water partition coefficient (Wildman–Crippen LogP) is 1.21. The van der Waals surface area contributed by atoms with Crippen molar-refractivity contribution in [3.8, 4) is 0 Å². The molecular formula is C13H23NO4. The Morgan fingerprint density at radius 3 is 2.67 bits per heavy atom. The van der Waals surface area contributed by atoms with Crippen LogP contribution in [-0.2, 0) is 19.1 Å². The first-order valence-electron chi connectivity index (χ1n) is 6.54. The summed E-state index contributed by atoms with van der Waals surface area (Å²) < 4.78 is 10.2. The van der Waals surface area contributed by atoms with Crippen LogP contribution < -0.4 is 0 Å². The van der Waals surface area contributed by atoms with Crippen molar-refractivity contribution in [2.75, 3.05) is 26.8 Å². The maximum absolute atomic E-state index is 11.9. The number of hydrogen-bond acceptors (Lipinski definition) is 4. The molecule has 0 radical (unpaired) electrons. The fourth-order valence-electron chi connectivity index (χ4n) is 2.17. The van der Waals surface area contributed by atoms with Gasteiger partial charge in [0.15, 0.2) is 0 Å². The SMILES string of the molecule is CCOC(=O)CCC(=O)N1CCC(C)C(OC)C1. The zero-order chi connectivity index (χ0) is 13.5. The van der Waals surface area contributed by atoms with E-state index in [1.807, 2.05) is 0 Å². The Morgan fingerprint density at radius 2 is 2.06 bits per heavy atom. The number of rotatable bonds is 5. The van der Waals surface area contributed by atoms with Crippen LogP contribution >= 0.6 is 0 Å². The molecule has 0 aromatic carbocycles. The van der Waals surface area contributed by atoms with Gasteiger partial charge in [-0.3, -0.25) is 9.59 Å². The first-order chi connectivity index (χ1) is 8.58. The Morgan fingerprint density at radius 1 is 1.33 bits per heavy atom. The van der Waals surface area contributed by atoms with Gasteiger partial charge in [-0.15, -0.1) is 0 Å². The molecule has 5 nitrogen and oxygen atoms in total. The lowest BCUT2D eigenvalue weighted by molar-refractivity contribution is -0.146. The van der Waals surface area contributed by atoms with Gasteiger partial charge in [0.25, 0.3) is 0 Å². The first kappa shape index (κ1) is 15.0. The van der Waals surface area contributed by atoms with Crippen LogP contribution in [0.4, 0.5) is 0 Å². The minimum absolute atomic E-state index is 0.0111. The number of piperidine rings is 1. The summed E-state index contributed by atoms with van der Waals surface area (Å²) in [5, 5.41) is 0. The van der Waals surface area contributed by atoms with Crippen molar-refractivity contribution in [2.24, 2.45) is 5.92 Å². The highest BCUT2D eigenvalue weighted by Gasteiger charge is 2.28. The second kappa shape index (κ2) is 7.36.